The standard InChI is InChI=1S/C11H24.2C10H22.3C9H20.5C8H16.2C8H18/c1-9(2,3)11(7,8)10(4,5)6;1-8(9(2,3)4)10(5,6)7;1-8(2)10(6,7)9(3,4)5;1-7-9(5,6)8(2,3)4;1-7(2)8(3)9(4,5)6;1-7(2)9(5,6)8(3)4;1-7-3-5-8(2)6-4-7;1-7-4-3-5-8(2)6-7;1-8(2)6-4-3-5-7-8;1-7-5-3-4-6-8(7)2;1-2-8-6-4-3-5-7-8;2*1-7(2,3)8(4,5)6/h1-8H3;2*8H,1-7H3;7H2,1-6H3;2*7-8H,1-6H3;2*7-8H,3-6H2,1-2H3;3-7H2,1-2H3;7-8H,3-6H2,1-2H3;8H,2-7H2,1H3;2*1-6H3/t;;;;8-;;;7-,8?;;7-,8?;;;/m....1..1.1.../s1. The Labute approximate surface area is 735 Å². The fourth-order valence-electron chi connectivity index (χ4n) is 13.3. The first kappa shape index (κ1) is 130. The molecule has 0 saturated heterocycles. The summed E-state index contributed by atoms with van der Waals surface area (Å²) in [5, 5.41) is 0. The second-order valence-corrected chi connectivity index (χ2v) is 55.3. The molecule has 0 aromatic carbocycles. The van der Waals surface area contributed by atoms with Gasteiger partial charge in [-0.05, 0) is 183 Å². The molecule has 5 fully saturated rings. The molecule has 0 heteroatoms. The third-order valence-corrected chi connectivity index (χ3v) is 34.0. The van der Waals surface area contributed by atoms with Gasteiger partial charge in [0.1, 0.15) is 0 Å². The maximum atomic E-state index is 2.38. The summed E-state index contributed by atoms with van der Waals surface area (Å²) in [5.41, 5.74) is 7.21. The molecule has 0 spiro atoms. The van der Waals surface area contributed by atoms with Crippen LogP contribution in [-0.4, -0.2) is 0 Å². The lowest BCUT2D eigenvalue weighted by molar-refractivity contribution is 0.00575. The van der Waals surface area contributed by atoms with Gasteiger partial charge in [0.25, 0.3) is 0 Å². The summed E-state index contributed by atoms with van der Waals surface area (Å²) in [4.78, 5) is 0. The van der Waals surface area contributed by atoms with Crippen LogP contribution in [0.4, 0.5) is 0 Å². The molecule has 5 saturated carbocycles. The van der Waals surface area contributed by atoms with Gasteiger partial charge >= 0.3 is 0 Å². The lowest BCUT2D eigenvalue weighted by Crippen LogP contribution is -2.41. The molecule has 5 aliphatic rings. The number of rotatable bonds is 6. The normalized spacial score (nSPS) is 21.4. The molecular formula is C114H244. The molecule has 0 amide bonds. The Morgan fingerprint density at radius 3 is 0.658 bits per heavy atom. The minimum Gasteiger partial charge on any atom is -0.0651 e. The Hall–Kier alpha value is 0. The van der Waals surface area contributed by atoms with Crippen LogP contribution in [-0.2, 0) is 0 Å². The van der Waals surface area contributed by atoms with Crippen molar-refractivity contribution < 1.29 is 0 Å². The average molecular weight is 1620 g/mol. The van der Waals surface area contributed by atoms with Gasteiger partial charge in [-0.2, -0.15) is 0 Å². The van der Waals surface area contributed by atoms with Gasteiger partial charge in [0.2, 0.25) is 0 Å². The third-order valence-electron chi connectivity index (χ3n) is 34.0. The van der Waals surface area contributed by atoms with Crippen molar-refractivity contribution in [2.24, 2.45) is 164 Å². The highest BCUT2D eigenvalue weighted by molar-refractivity contribution is 4.92. The zero-order chi connectivity index (χ0) is 93.5. The predicted molar refractivity (Wildman–Crippen MR) is 541 cm³/mol. The molecule has 0 aliphatic heterocycles. The second-order valence-electron chi connectivity index (χ2n) is 55.3. The maximum absolute atomic E-state index is 2.38. The van der Waals surface area contributed by atoms with Gasteiger partial charge < -0.3 is 0 Å². The van der Waals surface area contributed by atoms with E-state index in [2.05, 4.69) is 422 Å². The van der Waals surface area contributed by atoms with Crippen molar-refractivity contribution in [1.82, 2.24) is 0 Å². The highest BCUT2D eigenvalue weighted by Gasteiger charge is 2.43. The van der Waals surface area contributed by atoms with Gasteiger partial charge in [-0.15, -0.1) is 0 Å². The summed E-state index contributed by atoms with van der Waals surface area (Å²) in [6.07, 6.45) is 35.2. The molecule has 0 radical (unpaired) electrons. The highest BCUT2D eigenvalue weighted by atomic mass is 14.5. The molecule has 2 unspecified atom stereocenters. The fourth-order valence-corrected chi connectivity index (χ4v) is 13.3. The summed E-state index contributed by atoms with van der Waals surface area (Å²) in [6.45, 7) is 141. The minimum atomic E-state index is 0.375. The van der Waals surface area contributed by atoms with E-state index in [1.807, 2.05) is 0 Å². The zero-order valence-electron chi connectivity index (χ0n) is 93.5. The van der Waals surface area contributed by atoms with Gasteiger partial charge in [0, 0.05) is 0 Å². The van der Waals surface area contributed by atoms with E-state index < -0.39 is 0 Å². The Morgan fingerprint density at radius 1 is 0.281 bits per heavy atom. The van der Waals surface area contributed by atoms with Crippen molar-refractivity contribution in [2.75, 3.05) is 0 Å². The van der Waals surface area contributed by atoms with E-state index >= 15 is 0 Å². The molecule has 0 aromatic heterocycles. The third kappa shape index (κ3) is 63.0. The number of hydrogen-bond acceptors (Lipinski definition) is 0. The van der Waals surface area contributed by atoms with Crippen molar-refractivity contribution >= 4 is 0 Å². The molecule has 0 bridgehead atoms. The van der Waals surface area contributed by atoms with E-state index in [4.69, 9.17) is 0 Å². The molecule has 5 atom stereocenters. The van der Waals surface area contributed by atoms with Crippen LogP contribution in [0.15, 0.2) is 0 Å². The van der Waals surface area contributed by atoms with E-state index in [9.17, 15) is 0 Å². The van der Waals surface area contributed by atoms with Crippen molar-refractivity contribution in [1.29, 1.82) is 0 Å². The summed E-state index contributed by atoms with van der Waals surface area (Å²) in [7, 11) is 0. The van der Waals surface area contributed by atoms with Crippen molar-refractivity contribution in [3.05, 3.63) is 0 Å². The van der Waals surface area contributed by atoms with E-state index in [1.165, 1.54) is 154 Å². The quantitative estimate of drug-likeness (QED) is 0.249. The van der Waals surface area contributed by atoms with Gasteiger partial charge in [0.15, 0.2) is 0 Å². The molecule has 5 aliphatic carbocycles. The van der Waals surface area contributed by atoms with Crippen LogP contribution in [0.1, 0.15) is 576 Å². The Kier molecular flexibility index (Phi) is 63.7. The first-order valence-electron chi connectivity index (χ1n) is 49.9. The smallest absolute Gasteiger partial charge is 0.0257 e. The molecular weight excluding hydrogens is 1370 g/mol. The Bertz CT molecular complexity index is 2050. The second kappa shape index (κ2) is 56.1. The molecule has 0 nitrogen and oxygen atoms in total. The van der Waals surface area contributed by atoms with Crippen LogP contribution in [0.2, 0.25) is 0 Å². The monoisotopic (exact) mass is 1610 g/mol. The van der Waals surface area contributed by atoms with Gasteiger partial charge in [-0.3, -0.25) is 0 Å². The Morgan fingerprint density at radius 2 is 0.561 bits per heavy atom. The lowest BCUT2D eigenvalue weighted by Gasteiger charge is -2.49. The molecule has 0 N–H and O–H groups in total. The van der Waals surface area contributed by atoms with Gasteiger partial charge in [0.05, 0.1) is 0 Å². The van der Waals surface area contributed by atoms with Crippen LogP contribution in [0.3, 0.4) is 0 Å². The van der Waals surface area contributed by atoms with Gasteiger partial charge in [-0.25, -0.2) is 0 Å². The fraction of sp³-hybridized carbons (Fsp3) is 1.00. The molecule has 5 rings (SSSR count). The lowest BCUT2D eigenvalue weighted by atomic mass is 9.56. The average Bonchev–Trinajstić information content (AvgIpc) is 0.763. The van der Waals surface area contributed by atoms with E-state index in [0.29, 0.717) is 86.6 Å². The molecule has 0 aromatic rings. The Balaban J connectivity index is -0.000000178. The minimum absolute atomic E-state index is 0.375. The summed E-state index contributed by atoms with van der Waals surface area (Å²) >= 11 is 0. The van der Waals surface area contributed by atoms with Crippen LogP contribution in [0.5, 0.6) is 0 Å². The van der Waals surface area contributed by atoms with Crippen LogP contribution < -0.4 is 0 Å². The van der Waals surface area contributed by atoms with Gasteiger partial charge in [-0.1, -0.05) is 557 Å². The van der Waals surface area contributed by atoms with Crippen LogP contribution in [0, 0.1) is 164 Å². The molecule has 0 heterocycles. The van der Waals surface area contributed by atoms with E-state index in [-0.39, 0.29) is 0 Å². The van der Waals surface area contributed by atoms with E-state index in [0.717, 1.165) is 76.9 Å². The first-order valence-corrected chi connectivity index (χ1v) is 49.9. The van der Waals surface area contributed by atoms with Crippen molar-refractivity contribution in [3.8, 4) is 0 Å². The van der Waals surface area contributed by atoms with Crippen LogP contribution in [0.25, 0.3) is 0 Å². The summed E-state index contributed by atoms with van der Waals surface area (Å²) in [6, 6.07) is 0. The molecule has 700 valence electrons. The van der Waals surface area contributed by atoms with E-state index in [1.54, 1.807) is 0 Å². The zero-order valence-corrected chi connectivity index (χ0v) is 93.5. The number of hydrogen-bond donors (Lipinski definition) is 0. The van der Waals surface area contributed by atoms with Crippen molar-refractivity contribution in [2.45, 2.75) is 576 Å². The first-order chi connectivity index (χ1) is 49.9. The maximum Gasteiger partial charge on any atom is -0.0257 e. The topological polar surface area (TPSA) is 0 Å². The summed E-state index contributed by atoms with van der Waals surface area (Å²) < 4.78 is 0. The summed E-state index contributed by atoms with van der Waals surface area (Å²) in [5.74, 6) is 11.9. The molecule has 114 heavy (non-hydrogen) atoms. The van der Waals surface area contributed by atoms with Crippen LogP contribution >= 0.6 is 0 Å². The highest BCUT2D eigenvalue weighted by Crippen LogP contribution is 2.51. The largest absolute Gasteiger partial charge is 0.0651 e. The predicted octanol–water partition coefficient (Wildman–Crippen LogP) is 42.3. The van der Waals surface area contributed by atoms with Crippen molar-refractivity contribution in [3.63, 3.8) is 0 Å². The SMILES string of the molecule is CC(C(C)(C)C)C(C)(C)C.CC(C)(C)C(C)(C)C.CC(C)(C)C(C)(C)C.CC(C)(C)C(C)(C)C(C)(C)C.CC(C)C(C)(C)C(C)(C)C.CC(C)C(C)(C)C(C)C.CC(C)[C@@H](C)C(C)(C)C.CC1(C)CCCCC1.CC1CCC(C)CC1.CC1CCCC[C@H]1C.CC1CCC[C@@H](C)C1.CCC(C)(C)C(C)(C)C.CCC1CCCCC1.